The van der Waals surface area contributed by atoms with Crippen LogP contribution in [0.5, 0.6) is 0 Å². The predicted molar refractivity (Wildman–Crippen MR) is 44.3 cm³/mol. The van der Waals surface area contributed by atoms with Gasteiger partial charge in [0.05, 0.1) is 4.90 Å². The second-order valence-corrected chi connectivity index (χ2v) is 3.47. The number of hydrogen-bond acceptors (Lipinski definition) is 1. The van der Waals surface area contributed by atoms with Crippen LogP contribution in [-0.2, 0) is 11.1 Å². The van der Waals surface area contributed by atoms with Gasteiger partial charge in [-0.3, -0.25) is 0 Å². The van der Waals surface area contributed by atoms with Gasteiger partial charge >= 0.3 is 29.6 Å². The summed E-state index contributed by atoms with van der Waals surface area (Å²) in [6.45, 7) is 0. The molecule has 5 heteroatoms. The Morgan fingerprint density at radius 1 is 1.45 bits per heavy atom. The van der Waals surface area contributed by atoms with Gasteiger partial charge in [-0.2, -0.15) is 0 Å². The fraction of sp³-hybridized carbons (Fsp3) is 0. The van der Waals surface area contributed by atoms with E-state index in [0.717, 1.165) is 0 Å². The summed E-state index contributed by atoms with van der Waals surface area (Å²) in [6.07, 6.45) is 0. The summed E-state index contributed by atoms with van der Waals surface area (Å²) >= 11 is 1.26. The third kappa shape index (κ3) is 3.36. The van der Waals surface area contributed by atoms with Crippen LogP contribution in [0, 0.1) is 0 Å². The number of rotatable bonds is 1. The van der Waals surface area contributed by atoms with Gasteiger partial charge in [0.15, 0.2) is 11.1 Å². The van der Waals surface area contributed by atoms with Crippen molar-refractivity contribution in [2.45, 2.75) is 4.90 Å². The van der Waals surface area contributed by atoms with E-state index >= 15 is 0 Å². The Morgan fingerprint density at radius 2 is 2.00 bits per heavy atom. The molecule has 0 aromatic heterocycles. The van der Waals surface area contributed by atoms with E-state index in [1.807, 2.05) is 0 Å². The van der Waals surface area contributed by atoms with Gasteiger partial charge in [-0.1, -0.05) is 12.1 Å². The molecule has 0 bridgehead atoms. The van der Waals surface area contributed by atoms with E-state index in [1.54, 1.807) is 24.3 Å². The SMILES string of the molecule is O=S(O)c1ccccc1Br.[H-].[Na+]. The van der Waals surface area contributed by atoms with Gasteiger partial charge in [0.2, 0.25) is 0 Å². The molecule has 0 radical (unpaired) electrons. The molecule has 0 spiro atoms. The van der Waals surface area contributed by atoms with Gasteiger partial charge in [-0.25, -0.2) is 4.21 Å². The predicted octanol–water partition coefficient (Wildman–Crippen LogP) is -0.854. The third-order valence-corrected chi connectivity index (χ3v) is 2.71. The normalized spacial score (nSPS) is 11.8. The maximum atomic E-state index is 10.5. The molecule has 1 rings (SSSR count). The quantitative estimate of drug-likeness (QED) is 0.516. The first-order chi connectivity index (χ1) is 4.72. The Morgan fingerprint density at radius 3 is 2.36 bits per heavy atom. The van der Waals surface area contributed by atoms with Crippen molar-refractivity contribution in [2.75, 3.05) is 0 Å². The zero-order chi connectivity index (χ0) is 7.56. The van der Waals surface area contributed by atoms with Crippen molar-refractivity contribution < 1.29 is 39.7 Å². The summed E-state index contributed by atoms with van der Waals surface area (Å²) in [4.78, 5) is 0.405. The third-order valence-electron chi connectivity index (χ3n) is 1.02. The van der Waals surface area contributed by atoms with Crippen molar-refractivity contribution >= 4 is 27.0 Å². The van der Waals surface area contributed by atoms with Crippen LogP contribution in [-0.4, -0.2) is 8.76 Å². The number of hydrogen-bond donors (Lipinski definition) is 1. The van der Waals surface area contributed by atoms with Crippen molar-refractivity contribution in [3.05, 3.63) is 28.7 Å². The summed E-state index contributed by atoms with van der Waals surface area (Å²) in [5.74, 6) is 0. The van der Waals surface area contributed by atoms with E-state index in [2.05, 4.69) is 15.9 Å². The maximum absolute atomic E-state index is 10.5. The van der Waals surface area contributed by atoms with E-state index in [4.69, 9.17) is 4.55 Å². The smallest absolute Gasteiger partial charge is 1.00 e. The van der Waals surface area contributed by atoms with Gasteiger partial charge in [0.25, 0.3) is 0 Å². The minimum atomic E-state index is -1.89. The second kappa shape index (κ2) is 5.45. The molecule has 1 aromatic carbocycles. The summed E-state index contributed by atoms with van der Waals surface area (Å²) < 4.78 is 19.8. The molecule has 0 aliphatic heterocycles. The standard InChI is InChI=1S/C6H5BrO2S.Na.H/c7-5-3-1-2-4-6(5)10(8)9;;/h1-4H,(H,8,9);;/q;+1;-1. The summed E-state index contributed by atoms with van der Waals surface area (Å²) in [5.41, 5.74) is 0. The fourth-order valence-electron chi connectivity index (χ4n) is 0.586. The monoisotopic (exact) mass is 244 g/mol. The average molecular weight is 245 g/mol. The second-order valence-electron chi connectivity index (χ2n) is 1.68. The Balaban J connectivity index is 0. The van der Waals surface area contributed by atoms with E-state index < -0.39 is 11.1 Å². The molecule has 0 fully saturated rings. The minimum absolute atomic E-state index is 0. The summed E-state index contributed by atoms with van der Waals surface area (Å²) in [7, 11) is 0. The molecule has 0 saturated carbocycles. The zero-order valence-corrected chi connectivity index (χ0v) is 10.4. The average Bonchev–Trinajstić information content (AvgIpc) is 1.88. The molecule has 0 heterocycles. The van der Waals surface area contributed by atoms with Crippen LogP contribution in [0.3, 0.4) is 0 Å². The molecule has 1 unspecified atom stereocenters. The maximum Gasteiger partial charge on any atom is 1.00 e. The molecule has 1 atom stereocenters. The Kier molecular flexibility index (Phi) is 5.86. The van der Waals surface area contributed by atoms with E-state index in [9.17, 15) is 4.21 Å². The van der Waals surface area contributed by atoms with Crippen LogP contribution in [0.1, 0.15) is 1.43 Å². The molecule has 0 saturated heterocycles. The molecule has 2 nitrogen and oxygen atoms in total. The van der Waals surface area contributed by atoms with Crippen LogP contribution in [0.4, 0.5) is 0 Å². The molecule has 0 aliphatic carbocycles. The molecular formula is C6H6BrNaO2S. The first-order valence-corrected chi connectivity index (χ1v) is 4.47. The number of halogens is 1. The van der Waals surface area contributed by atoms with Crippen LogP contribution >= 0.6 is 15.9 Å². The van der Waals surface area contributed by atoms with Crippen LogP contribution in [0.25, 0.3) is 0 Å². The first-order valence-electron chi connectivity index (χ1n) is 2.57. The molecule has 0 aliphatic rings. The Hall–Kier alpha value is 0.810. The van der Waals surface area contributed by atoms with Gasteiger partial charge in [0, 0.05) is 4.47 Å². The summed E-state index contributed by atoms with van der Waals surface area (Å²) in [6, 6.07) is 6.83. The van der Waals surface area contributed by atoms with E-state index in [-0.39, 0.29) is 31.0 Å². The van der Waals surface area contributed by atoms with Gasteiger partial charge < -0.3 is 5.98 Å². The largest absolute Gasteiger partial charge is 1.00 e. The first kappa shape index (κ1) is 11.8. The Bertz CT molecular complexity index is 271. The molecule has 0 amide bonds. The van der Waals surface area contributed by atoms with Crippen molar-refractivity contribution in [3.63, 3.8) is 0 Å². The van der Waals surface area contributed by atoms with Crippen molar-refractivity contribution in [2.24, 2.45) is 0 Å². The zero-order valence-electron chi connectivity index (χ0n) is 6.95. The van der Waals surface area contributed by atoms with Crippen LogP contribution in [0.15, 0.2) is 33.6 Å². The minimum Gasteiger partial charge on any atom is -1.00 e. The Labute approximate surface area is 99.6 Å². The molecular weight excluding hydrogens is 239 g/mol. The van der Waals surface area contributed by atoms with Gasteiger partial charge in [-0.05, 0) is 28.1 Å². The van der Waals surface area contributed by atoms with Gasteiger partial charge in [0.1, 0.15) is 0 Å². The number of benzene rings is 1. The van der Waals surface area contributed by atoms with Crippen LogP contribution in [0.2, 0.25) is 0 Å². The summed E-state index contributed by atoms with van der Waals surface area (Å²) in [5, 5.41) is 0. The molecule has 1 aromatic rings. The fourth-order valence-corrected chi connectivity index (χ4v) is 1.72. The molecule has 56 valence electrons. The van der Waals surface area contributed by atoms with Crippen molar-refractivity contribution in [1.29, 1.82) is 0 Å². The molecule has 1 N–H and O–H groups in total. The van der Waals surface area contributed by atoms with Crippen molar-refractivity contribution in [3.8, 4) is 0 Å². The van der Waals surface area contributed by atoms with E-state index in [1.165, 1.54) is 0 Å². The van der Waals surface area contributed by atoms with Gasteiger partial charge in [-0.15, -0.1) is 0 Å². The topological polar surface area (TPSA) is 37.3 Å². The molecule has 11 heavy (non-hydrogen) atoms. The van der Waals surface area contributed by atoms with Crippen molar-refractivity contribution in [1.82, 2.24) is 0 Å². The van der Waals surface area contributed by atoms with Crippen LogP contribution < -0.4 is 29.6 Å². The van der Waals surface area contributed by atoms with E-state index in [0.29, 0.717) is 9.37 Å².